The Morgan fingerprint density at radius 3 is 1.68 bits per heavy atom. The topological polar surface area (TPSA) is 149 Å². The SMILES string of the molecule is CC(C)(C)OC(=O)NC(CC(=O)NCC(=O)OCc1ccccc1)C(=O)NCC(=O)OCc1ccccc1. The van der Waals surface area contributed by atoms with Gasteiger partial charge in [0.1, 0.15) is 37.9 Å². The highest BCUT2D eigenvalue weighted by Crippen LogP contribution is 2.08. The van der Waals surface area contributed by atoms with E-state index in [0.717, 1.165) is 11.1 Å². The summed E-state index contributed by atoms with van der Waals surface area (Å²) in [7, 11) is 0. The molecule has 0 aliphatic rings. The van der Waals surface area contributed by atoms with Gasteiger partial charge in [-0.1, -0.05) is 60.7 Å². The molecule has 11 nitrogen and oxygen atoms in total. The molecule has 0 spiro atoms. The van der Waals surface area contributed by atoms with Crippen molar-refractivity contribution in [2.45, 2.75) is 52.0 Å². The van der Waals surface area contributed by atoms with Gasteiger partial charge in [0, 0.05) is 0 Å². The second-order valence-corrected chi connectivity index (χ2v) is 9.19. The normalized spacial score (nSPS) is 11.4. The molecule has 0 saturated heterocycles. The largest absolute Gasteiger partial charge is 0.460 e. The van der Waals surface area contributed by atoms with Crippen LogP contribution in [0.3, 0.4) is 0 Å². The average molecular weight is 528 g/mol. The van der Waals surface area contributed by atoms with E-state index in [9.17, 15) is 24.0 Å². The number of carbonyl (C=O) groups is 5. The number of hydrogen-bond acceptors (Lipinski definition) is 8. The maximum atomic E-state index is 12.7. The molecule has 0 aromatic heterocycles. The van der Waals surface area contributed by atoms with Gasteiger partial charge >= 0.3 is 18.0 Å². The molecule has 3 N–H and O–H groups in total. The minimum absolute atomic E-state index is 0.0257. The van der Waals surface area contributed by atoms with Crippen LogP contribution in [0.25, 0.3) is 0 Å². The van der Waals surface area contributed by atoms with E-state index in [2.05, 4.69) is 16.0 Å². The van der Waals surface area contributed by atoms with E-state index in [1.807, 2.05) is 12.1 Å². The van der Waals surface area contributed by atoms with E-state index in [1.165, 1.54) is 0 Å². The number of ether oxygens (including phenoxy) is 3. The first kappa shape index (κ1) is 29.8. The minimum atomic E-state index is -1.38. The lowest BCUT2D eigenvalue weighted by molar-refractivity contribution is -0.146. The van der Waals surface area contributed by atoms with Gasteiger partial charge in [0.2, 0.25) is 11.8 Å². The predicted octanol–water partition coefficient (Wildman–Crippen LogP) is 1.99. The summed E-state index contributed by atoms with van der Waals surface area (Å²) >= 11 is 0. The van der Waals surface area contributed by atoms with Crippen LogP contribution in [-0.4, -0.2) is 54.6 Å². The highest BCUT2D eigenvalue weighted by Gasteiger charge is 2.27. The second kappa shape index (κ2) is 15.0. The molecule has 1 atom stereocenters. The number of rotatable bonds is 12. The maximum absolute atomic E-state index is 12.7. The van der Waals surface area contributed by atoms with E-state index >= 15 is 0 Å². The van der Waals surface area contributed by atoms with Gasteiger partial charge in [-0.2, -0.15) is 0 Å². The number of carbonyl (C=O) groups excluding carboxylic acids is 5. The zero-order valence-corrected chi connectivity index (χ0v) is 21.7. The molecule has 0 aliphatic heterocycles. The molecule has 204 valence electrons. The zero-order chi connectivity index (χ0) is 28.0. The van der Waals surface area contributed by atoms with Crippen LogP contribution in [0.5, 0.6) is 0 Å². The number of alkyl carbamates (subject to hydrolysis) is 1. The molecule has 3 amide bonds. The lowest BCUT2D eigenvalue weighted by atomic mass is 10.1. The summed E-state index contributed by atoms with van der Waals surface area (Å²) in [5.41, 5.74) is 0.709. The highest BCUT2D eigenvalue weighted by atomic mass is 16.6. The summed E-state index contributed by atoms with van der Waals surface area (Å²) in [5.74, 6) is -2.90. The van der Waals surface area contributed by atoms with Gasteiger partial charge in [-0.15, -0.1) is 0 Å². The first-order valence-electron chi connectivity index (χ1n) is 11.9. The molecule has 11 heteroatoms. The summed E-state index contributed by atoms with van der Waals surface area (Å²) in [4.78, 5) is 61.3. The van der Waals surface area contributed by atoms with E-state index < -0.39 is 61.0 Å². The lowest BCUT2D eigenvalue weighted by Crippen LogP contribution is -2.51. The van der Waals surface area contributed by atoms with Crippen LogP contribution in [0.4, 0.5) is 4.79 Å². The molecule has 2 aromatic carbocycles. The van der Waals surface area contributed by atoms with E-state index in [0.29, 0.717) is 0 Å². The summed E-state index contributed by atoms with van der Waals surface area (Å²) < 4.78 is 15.4. The van der Waals surface area contributed by atoms with Crippen molar-refractivity contribution in [3.63, 3.8) is 0 Å². The third-order valence-electron chi connectivity index (χ3n) is 4.72. The van der Waals surface area contributed by atoms with Crippen LogP contribution in [0, 0.1) is 0 Å². The molecule has 0 saturated carbocycles. The Labute approximate surface area is 221 Å². The fourth-order valence-corrected chi connectivity index (χ4v) is 2.95. The van der Waals surface area contributed by atoms with Gasteiger partial charge in [0.05, 0.1) is 6.42 Å². The van der Waals surface area contributed by atoms with Crippen LogP contribution in [0.15, 0.2) is 60.7 Å². The van der Waals surface area contributed by atoms with E-state index in [4.69, 9.17) is 14.2 Å². The molecule has 0 fully saturated rings. The molecule has 38 heavy (non-hydrogen) atoms. The molecule has 0 bridgehead atoms. The Bertz CT molecular complexity index is 1080. The van der Waals surface area contributed by atoms with Crippen molar-refractivity contribution >= 4 is 29.8 Å². The van der Waals surface area contributed by atoms with Crippen molar-refractivity contribution < 1.29 is 38.2 Å². The smallest absolute Gasteiger partial charge is 0.408 e. The van der Waals surface area contributed by atoms with Crippen LogP contribution in [0.2, 0.25) is 0 Å². The van der Waals surface area contributed by atoms with Crippen LogP contribution in [-0.2, 0) is 46.6 Å². The molecule has 0 radical (unpaired) electrons. The van der Waals surface area contributed by atoms with Crippen molar-refractivity contribution in [3.8, 4) is 0 Å². The van der Waals surface area contributed by atoms with Crippen molar-refractivity contribution in [2.24, 2.45) is 0 Å². The molecule has 0 aliphatic carbocycles. The molecular weight excluding hydrogens is 494 g/mol. The van der Waals surface area contributed by atoms with Crippen molar-refractivity contribution in [3.05, 3.63) is 71.8 Å². The van der Waals surface area contributed by atoms with Crippen molar-refractivity contribution in [1.29, 1.82) is 0 Å². The monoisotopic (exact) mass is 527 g/mol. The molecule has 2 rings (SSSR count). The standard InChI is InChI=1S/C27H33N3O8/c1-27(2,3)38-26(35)30-21(25(34)29-16-24(33)37-18-20-12-8-5-9-13-20)14-22(31)28-15-23(32)36-17-19-10-6-4-7-11-19/h4-13,21H,14-18H2,1-3H3,(H,28,31)(H,29,34)(H,30,35). The van der Waals surface area contributed by atoms with Gasteiger partial charge in [-0.25, -0.2) is 4.79 Å². The minimum Gasteiger partial charge on any atom is -0.460 e. The predicted molar refractivity (Wildman–Crippen MR) is 136 cm³/mol. The fourth-order valence-electron chi connectivity index (χ4n) is 2.95. The third-order valence-corrected chi connectivity index (χ3v) is 4.72. The highest BCUT2D eigenvalue weighted by molar-refractivity contribution is 5.93. The van der Waals surface area contributed by atoms with E-state index in [1.54, 1.807) is 69.3 Å². The Hall–Kier alpha value is -4.41. The molecule has 2 aromatic rings. The molecule has 0 heterocycles. The number of nitrogens with one attached hydrogen (secondary N) is 3. The Morgan fingerprint density at radius 2 is 1.21 bits per heavy atom. The second-order valence-electron chi connectivity index (χ2n) is 9.19. The number of amides is 3. The van der Waals surface area contributed by atoms with Crippen LogP contribution >= 0.6 is 0 Å². The van der Waals surface area contributed by atoms with Gasteiger partial charge < -0.3 is 30.2 Å². The third kappa shape index (κ3) is 12.5. The first-order valence-corrected chi connectivity index (χ1v) is 11.9. The average Bonchev–Trinajstić information content (AvgIpc) is 2.88. The van der Waals surface area contributed by atoms with Gasteiger partial charge in [0.25, 0.3) is 0 Å². The summed E-state index contributed by atoms with van der Waals surface area (Å²) in [6.07, 6.45) is -1.45. The van der Waals surface area contributed by atoms with Crippen LogP contribution < -0.4 is 16.0 Å². The number of esters is 2. The lowest BCUT2D eigenvalue weighted by Gasteiger charge is -2.23. The zero-order valence-electron chi connectivity index (χ0n) is 21.7. The van der Waals surface area contributed by atoms with Crippen LogP contribution in [0.1, 0.15) is 38.3 Å². The maximum Gasteiger partial charge on any atom is 0.408 e. The Morgan fingerprint density at radius 1 is 0.737 bits per heavy atom. The van der Waals surface area contributed by atoms with E-state index in [-0.39, 0.29) is 13.2 Å². The Kier molecular flexibility index (Phi) is 11.8. The first-order chi connectivity index (χ1) is 18.0. The summed E-state index contributed by atoms with van der Waals surface area (Å²) in [6.45, 7) is 4.07. The van der Waals surface area contributed by atoms with Gasteiger partial charge in [0.15, 0.2) is 0 Å². The fraction of sp³-hybridized carbons (Fsp3) is 0.370. The number of hydrogen-bond donors (Lipinski definition) is 3. The van der Waals surface area contributed by atoms with Gasteiger partial charge in [-0.05, 0) is 31.9 Å². The Balaban J connectivity index is 1.86. The summed E-state index contributed by atoms with van der Waals surface area (Å²) in [6, 6.07) is 16.6. The quantitative estimate of drug-likeness (QED) is 0.280. The molecular formula is C27H33N3O8. The molecule has 1 unspecified atom stereocenters. The van der Waals surface area contributed by atoms with Gasteiger partial charge in [-0.3, -0.25) is 19.2 Å². The van der Waals surface area contributed by atoms with Crippen molar-refractivity contribution in [2.75, 3.05) is 13.1 Å². The number of benzene rings is 2. The van der Waals surface area contributed by atoms with Crippen molar-refractivity contribution in [1.82, 2.24) is 16.0 Å². The summed E-state index contributed by atoms with van der Waals surface area (Å²) in [5, 5.41) is 7.01.